The van der Waals surface area contributed by atoms with Crippen LogP contribution in [0, 0.1) is 5.41 Å². The van der Waals surface area contributed by atoms with Crippen LogP contribution in [-0.2, 0) is 15.6 Å². The zero-order valence-electron chi connectivity index (χ0n) is 20.5. The van der Waals surface area contributed by atoms with E-state index in [2.05, 4.69) is 80.3 Å². The summed E-state index contributed by atoms with van der Waals surface area (Å²) < 4.78 is 6.73. The lowest BCUT2D eigenvalue weighted by Gasteiger charge is -2.70. The molecular weight excluding hydrogens is 458 g/mol. The Morgan fingerprint density at radius 1 is 1.00 bits per heavy atom. The number of hydrogen-bond acceptors (Lipinski definition) is 5. The molecular formula is C27H33N3O2SSi. The number of amides is 1. The molecule has 0 radical (unpaired) electrons. The predicted octanol–water partition coefficient (Wildman–Crippen LogP) is 4.33. The smallest absolute Gasteiger partial charge is 0.273 e. The van der Waals surface area contributed by atoms with Crippen molar-refractivity contribution in [2.75, 3.05) is 24.5 Å². The van der Waals surface area contributed by atoms with Gasteiger partial charge in [-0.25, -0.2) is 4.98 Å². The fourth-order valence-electron chi connectivity index (χ4n) is 6.02. The first-order valence-electron chi connectivity index (χ1n) is 12.0. The van der Waals surface area contributed by atoms with Gasteiger partial charge in [-0.05, 0) is 23.8 Å². The largest absolute Gasteiger partial charge is 0.402 e. The normalized spacial score (nSPS) is 24.9. The Morgan fingerprint density at radius 3 is 2.15 bits per heavy atom. The van der Waals surface area contributed by atoms with Crippen molar-refractivity contribution in [3.63, 3.8) is 0 Å². The third-order valence-corrected chi connectivity index (χ3v) is 9.15. The Balaban J connectivity index is 1.64. The minimum absolute atomic E-state index is 0.0442. The van der Waals surface area contributed by atoms with Crippen LogP contribution in [0.2, 0.25) is 0 Å². The van der Waals surface area contributed by atoms with Crippen molar-refractivity contribution in [1.29, 1.82) is 0 Å². The van der Waals surface area contributed by atoms with Crippen LogP contribution >= 0.6 is 11.3 Å². The van der Waals surface area contributed by atoms with Crippen LogP contribution in [0.1, 0.15) is 55.2 Å². The van der Waals surface area contributed by atoms with E-state index >= 15 is 0 Å². The molecule has 0 bridgehead atoms. The molecule has 3 aromatic rings. The van der Waals surface area contributed by atoms with E-state index in [9.17, 15) is 4.79 Å². The van der Waals surface area contributed by atoms with E-state index in [0.717, 1.165) is 43.2 Å². The van der Waals surface area contributed by atoms with Gasteiger partial charge in [0.15, 0.2) is 10.9 Å². The minimum atomic E-state index is -0.702. The van der Waals surface area contributed by atoms with Crippen molar-refractivity contribution >= 4 is 32.9 Å². The van der Waals surface area contributed by atoms with Gasteiger partial charge in [0.1, 0.15) is 16.2 Å². The molecule has 34 heavy (non-hydrogen) atoms. The first-order valence-corrected chi connectivity index (χ1v) is 13.7. The second-order valence-electron chi connectivity index (χ2n) is 10.3. The average molecular weight is 492 g/mol. The molecule has 2 atom stereocenters. The van der Waals surface area contributed by atoms with Crippen molar-refractivity contribution in [3.05, 3.63) is 82.9 Å². The first kappa shape index (κ1) is 23.3. The summed E-state index contributed by atoms with van der Waals surface area (Å²) in [5, 5.41) is 2.76. The third kappa shape index (κ3) is 3.28. The van der Waals surface area contributed by atoms with Gasteiger partial charge in [0.25, 0.3) is 5.91 Å². The molecule has 178 valence electrons. The molecule has 2 aliphatic heterocycles. The maximum Gasteiger partial charge on any atom is 0.273 e. The Labute approximate surface area is 209 Å². The van der Waals surface area contributed by atoms with E-state index in [-0.39, 0.29) is 16.7 Å². The number of anilines is 1. The summed E-state index contributed by atoms with van der Waals surface area (Å²) in [5.41, 5.74) is 1.84. The van der Waals surface area contributed by atoms with Gasteiger partial charge in [-0.3, -0.25) is 4.79 Å². The summed E-state index contributed by atoms with van der Waals surface area (Å²) in [4.78, 5) is 22.1. The van der Waals surface area contributed by atoms with E-state index in [1.165, 1.54) is 5.56 Å². The van der Waals surface area contributed by atoms with Crippen LogP contribution < -0.4 is 4.90 Å². The van der Waals surface area contributed by atoms with Gasteiger partial charge >= 0.3 is 0 Å². The molecule has 0 saturated carbocycles. The highest BCUT2D eigenvalue weighted by Crippen LogP contribution is 2.64. The zero-order valence-corrected chi connectivity index (χ0v) is 23.3. The van der Waals surface area contributed by atoms with Gasteiger partial charge in [0, 0.05) is 30.6 Å². The molecule has 0 aliphatic carbocycles. The average Bonchev–Trinajstić information content (AvgIpc) is 3.52. The fraction of sp³-hybridized carbons (Fsp3) is 0.407. The highest BCUT2D eigenvalue weighted by atomic mass is 32.1. The molecule has 7 heteroatoms. The second-order valence-corrected chi connectivity index (χ2v) is 11.6. The molecule has 2 fully saturated rings. The van der Waals surface area contributed by atoms with E-state index in [1.54, 1.807) is 11.3 Å². The highest BCUT2D eigenvalue weighted by molar-refractivity contribution is 7.14. The maximum atomic E-state index is 13.0. The number of carbonyl (C=O) groups excluding carboxylic acids is 1. The van der Waals surface area contributed by atoms with Crippen molar-refractivity contribution in [1.82, 2.24) is 9.88 Å². The Kier molecular flexibility index (Phi) is 5.90. The quantitative estimate of drug-likeness (QED) is 0.499. The van der Waals surface area contributed by atoms with Crippen molar-refractivity contribution in [2.24, 2.45) is 5.41 Å². The topological polar surface area (TPSA) is 45.7 Å². The van der Waals surface area contributed by atoms with Gasteiger partial charge in [0.05, 0.1) is 5.41 Å². The molecule has 2 aromatic carbocycles. The minimum Gasteiger partial charge on any atom is -0.402 e. The van der Waals surface area contributed by atoms with Gasteiger partial charge in [0.2, 0.25) is 0 Å². The number of carbonyl (C=O) groups is 1. The number of likely N-dealkylation sites (tertiary alicyclic amines) is 1. The number of rotatable bonds is 5. The summed E-state index contributed by atoms with van der Waals surface area (Å²) in [6.45, 7) is 9.34. The highest BCUT2D eigenvalue weighted by Gasteiger charge is 2.71. The lowest BCUT2D eigenvalue weighted by Crippen LogP contribution is -2.79. The summed E-state index contributed by atoms with van der Waals surface area (Å²) >= 11 is 1.54. The maximum absolute atomic E-state index is 13.0. The molecule has 1 aromatic heterocycles. The van der Waals surface area contributed by atoms with Gasteiger partial charge < -0.3 is 14.2 Å². The molecule has 2 unspecified atom stereocenters. The monoisotopic (exact) mass is 491 g/mol. The molecule has 2 aliphatic rings. The summed E-state index contributed by atoms with van der Waals surface area (Å²) in [6.07, 6.45) is 2.15. The van der Waals surface area contributed by atoms with Crippen LogP contribution in [0.5, 0.6) is 0 Å². The Hall–Kier alpha value is -2.48. The molecule has 0 spiro atoms. The summed E-state index contributed by atoms with van der Waals surface area (Å²) in [5.74, 6) is 0.0442. The van der Waals surface area contributed by atoms with E-state index in [4.69, 9.17) is 9.41 Å². The molecule has 3 heterocycles. The van der Waals surface area contributed by atoms with E-state index in [0.29, 0.717) is 16.2 Å². The molecule has 5 nitrogen and oxygen atoms in total. The standard InChI is InChI=1S/C27H33N3O2SSi/c1-25(2,3)26(20-12-6-4-7-13-20)19-30(27(26,32-34)21-14-8-5-9-15-21)24-28-22(18-33-24)23(31)29-16-10-11-17-29/h4-9,12-15,18H,10-11,16-17,19H2,1-3,34H3. The van der Waals surface area contributed by atoms with Crippen LogP contribution in [0.15, 0.2) is 66.0 Å². The van der Waals surface area contributed by atoms with Gasteiger partial charge in [-0.2, -0.15) is 0 Å². The molecule has 2 saturated heterocycles. The van der Waals surface area contributed by atoms with Crippen molar-refractivity contribution in [2.45, 2.75) is 44.8 Å². The van der Waals surface area contributed by atoms with Crippen LogP contribution in [-0.4, -0.2) is 45.9 Å². The number of hydrogen-bond donors (Lipinski definition) is 0. The number of nitrogens with zero attached hydrogens (tertiary/aromatic N) is 3. The Morgan fingerprint density at radius 2 is 1.59 bits per heavy atom. The Bertz CT molecular complexity index is 1160. The number of benzene rings is 2. The summed E-state index contributed by atoms with van der Waals surface area (Å²) in [7, 11) is 0.557. The summed E-state index contributed by atoms with van der Waals surface area (Å²) in [6, 6.07) is 21.3. The lowest BCUT2D eigenvalue weighted by molar-refractivity contribution is -0.130. The lowest BCUT2D eigenvalue weighted by atomic mass is 9.50. The van der Waals surface area contributed by atoms with Crippen molar-refractivity contribution < 1.29 is 9.22 Å². The first-order chi connectivity index (χ1) is 16.3. The van der Waals surface area contributed by atoms with Crippen LogP contribution in [0.3, 0.4) is 0 Å². The van der Waals surface area contributed by atoms with Crippen molar-refractivity contribution in [3.8, 4) is 0 Å². The molecule has 5 rings (SSSR count). The number of aromatic nitrogens is 1. The van der Waals surface area contributed by atoms with E-state index in [1.807, 2.05) is 16.3 Å². The van der Waals surface area contributed by atoms with Crippen LogP contribution in [0.4, 0.5) is 5.13 Å². The third-order valence-electron chi connectivity index (χ3n) is 7.70. The van der Waals surface area contributed by atoms with Gasteiger partial charge in [-0.15, -0.1) is 11.3 Å². The predicted molar refractivity (Wildman–Crippen MR) is 141 cm³/mol. The molecule has 1 amide bonds. The van der Waals surface area contributed by atoms with Crippen LogP contribution in [0.25, 0.3) is 0 Å². The SMILES string of the molecule is CC(C)(C)C1(c2ccccc2)CN(c2nc(C(=O)N3CCCC3)cs2)C1(O[SiH3])c1ccccc1. The zero-order chi connectivity index (χ0) is 24.0. The fourth-order valence-corrected chi connectivity index (χ4v) is 7.67. The molecule has 0 N–H and O–H groups in total. The van der Waals surface area contributed by atoms with Gasteiger partial charge in [-0.1, -0.05) is 81.4 Å². The van der Waals surface area contributed by atoms with E-state index < -0.39 is 5.72 Å². The second kappa shape index (κ2) is 8.63. The number of thiazole rings is 1.